The van der Waals surface area contributed by atoms with Gasteiger partial charge in [-0.15, -0.1) is 0 Å². The van der Waals surface area contributed by atoms with E-state index in [-0.39, 0.29) is 11.9 Å². The van der Waals surface area contributed by atoms with Crippen LogP contribution in [-0.2, 0) is 11.3 Å². The van der Waals surface area contributed by atoms with Gasteiger partial charge in [-0.1, -0.05) is 11.6 Å². The molecule has 136 valence electrons. The number of quaternary nitrogens is 1. The van der Waals surface area contributed by atoms with Crippen LogP contribution >= 0.6 is 11.6 Å². The first kappa shape index (κ1) is 19.8. The first-order valence-electron chi connectivity index (χ1n) is 8.49. The van der Waals surface area contributed by atoms with Crippen molar-refractivity contribution in [2.75, 3.05) is 19.0 Å². The molecule has 1 amide bonds. The number of likely N-dealkylation sites (N-methyl/N-ethyl adjacent to an activating group) is 1. The van der Waals surface area contributed by atoms with Crippen molar-refractivity contribution in [2.45, 2.75) is 26.4 Å². The van der Waals surface area contributed by atoms with Crippen LogP contribution in [0.3, 0.4) is 0 Å². The predicted molar refractivity (Wildman–Crippen MR) is 102 cm³/mol. The van der Waals surface area contributed by atoms with Gasteiger partial charge < -0.3 is 15.0 Å². The summed E-state index contributed by atoms with van der Waals surface area (Å²) in [6, 6.07) is 14.5. The number of nitrogens with zero attached hydrogens (tertiary/aromatic N) is 1. The minimum Gasteiger partial charge on any atom is -0.494 e. The monoisotopic (exact) mass is 372 g/mol. The van der Waals surface area contributed by atoms with Gasteiger partial charge in [-0.25, -0.2) is 0 Å². The lowest BCUT2D eigenvalue weighted by molar-refractivity contribution is -0.907. The number of nitriles is 1. The maximum atomic E-state index is 12.5. The molecule has 2 rings (SSSR count). The molecule has 0 aliphatic carbocycles. The summed E-state index contributed by atoms with van der Waals surface area (Å²) in [5, 5.41) is 12.1. The number of amides is 1. The van der Waals surface area contributed by atoms with E-state index in [1.807, 2.05) is 51.2 Å². The smallest absolute Gasteiger partial charge is 0.282 e. The fraction of sp³-hybridized carbons (Fsp3) is 0.300. The molecule has 2 aromatic carbocycles. The first-order chi connectivity index (χ1) is 12.4. The first-order valence-corrected chi connectivity index (χ1v) is 8.87. The van der Waals surface area contributed by atoms with Gasteiger partial charge in [0, 0.05) is 11.3 Å². The van der Waals surface area contributed by atoms with Gasteiger partial charge >= 0.3 is 0 Å². The minimum absolute atomic E-state index is 0.103. The summed E-state index contributed by atoms with van der Waals surface area (Å²) in [5.74, 6) is 0.742. The van der Waals surface area contributed by atoms with Crippen LogP contribution in [0.5, 0.6) is 5.75 Å². The molecule has 0 saturated heterocycles. The van der Waals surface area contributed by atoms with Crippen LogP contribution < -0.4 is 15.0 Å². The number of carbonyl (C=O) groups excluding carboxylic acids is 1. The average Bonchev–Trinajstić information content (AvgIpc) is 2.63. The summed E-state index contributed by atoms with van der Waals surface area (Å²) in [7, 11) is 1.98. The molecular formula is C20H23ClN3O2+. The molecule has 26 heavy (non-hydrogen) atoms. The van der Waals surface area contributed by atoms with Crippen LogP contribution in [0.4, 0.5) is 5.69 Å². The second-order valence-electron chi connectivity index (χ2n) is 6.12. The lowest BCUT2D eigenvalue weighted by Crippen LogP contribution is -3.12. The second kappa shape index (κ2) is 9.23. The number of carbonyl (C=O) groups is 1. The number of anilines is 1. The van der Waals surface area contributed by atoms with Gasteiger partial charge in [0.15, 0.2) is 6.04 Å². The number of benzene rings is 2. The second-order valence-corrected chi connectivity index (χ2v) is 6.52. The molecule has 0 heterocycles. The number of halogens is 1. The van der Waals surface area contributed by atoms with Gasteiger partial charge in [-0.05, 0) is 56.3 Å². The zero-order valence-electron chi connectivity index (χ0n) is 15.2. The van der Waals surface area contributed by atoms with Crippen molar-refractivity contribution in [1.29, 1.82) is 5.26 Å². The number of hydrogen-bond acceptors (Lipinski definition) is 3. The van der Waals surface area contributed by atoms with Crippen molar-refractivity contribution in [3.8, 4) is 11.8 Å². The highest BCUT2D eigenvalue weighted by Crippen LogP contribution is 2.20. The van der Waals surface area contributed by atoms with Crippen LogP contribution in [0.15, 0.2) is 42.5 Å². The SMILES string of the molecule is CCOc1ccc(C[NH+](C)[C@@H](C)C(=O)Nc2ccc(C#N)c(Cl)c2)cc1. The molecule has 0 aromatic heterocycles. The third-order valence-corrected chi connectivity index (χ3v) is 4.52. The van der Waals surface area contributed by atoms with Crippen molar-refractivity contribution in [3.05, 3.63) is 58.6 Å². The standard InChI is InChI=1S/C20H22ClN3O2/c1-4-26-18-9-5-15(6-10-18)13-24(3)14(2)20(25)23-17-8-7-16(12-22)19(21)11-17/h5-11,14H,4,13H2,1-3H3,(H,23,25)/p+1/t14-/m0/s1. The van der Waals surface area contributed by atoms with E-state index >= 15 is 0 Å². The molecule has 2 atom stereocenters. The van der Waals surface area contributed by atoms with Gasteiger partial charge in [0.05, 0.1) is 24.2 Å². The maximum absolute atomic E-state index is 12.5. The van der Waals surface area contributed by atoms with E-state index in [9.17, 15) is 4.79 Å². The Morgan fingerprint density at radius 3 is 2.58 bits per heavy atom. The Balaban J connectivity index is 1.96. The van der Waals surface area contributed by atoms with Crippen LogP contribution in [0.2, 0.25) is 5.02 Å². The summed E-state index contributed by atoms with van der Waals surface area (Å²) < 4.78 is 5.44. The molecule has 1 unspecified atom stereocenters. The molecule has 2 aromatic rings. The number of ether oxygens (including phenoxy) is 1. The maximum Gasteiger partial charge on any atom is 0.282 e. The van der Waals surface area contributed by atoms with E-state index < -0.39 is 0 Å². The quantitative estimate of drug-likeness (QED) is 0.785. The van der Waals surface area contributed by atoms with Crippen molar-refractivity contribution in [1.82, 2.24) is 0 Å². The highest BCUT2D eigenvalue weighted by molar-refractivity contribution is 6.32. The van der Waals surface area contributed by atoms with Gasteiger partial charge in [-0.3, -0.25) is 4.79 Å². The van der Waals surface area contributed by atoms with Crippen LogP contribution in [0.25, 0.3) is 0 Å². The molecule has 0 aliphatic heterocycles. The number of nitrogens with one attached hydrogen (secondary N) is 2. The highest BCUT2D eigenvalue weighted by Gasteiger charge is 2.22. The predicted octanol–water partition coefficient (Wildman–Crippen LogP) is 2.65. The number of hydrogen-bond donors (Lipinski definition) is 2. The molecule has 2 N–H and O–H groups in total. The molecule has 0 fully saturated rings. The molecule has 0 aliphatic rings. The molecular weight excluding hydrogens is 350 g/mol. The lowest BCUT2D eigenvalue weighted by atomic mass is 10.1. The Bertz CT molecular complexity index is 800. The molecule has 0 radical (unpaired) electrons. The van der Waals surface area contributed by atoms with E-state index in [1.165, 1.54) is 0 Å². The summed E-state index contributed by atoms with van der Waals surface area (Å²) in [6.45, 7) is 5.19. The highest BCUT2D eigenvalue weighted by atomic mass is 35.5. The number of rotatable bonds is 7. The molecule has 0 spiro atoms. The third-order valence-electron chi connectivity index (χ3n) is 4.21. The van der Waals surface area contributed by atoms with Crippen LogP contribution in [-0.4, -0.2) is 25.6 Å². The van der Waals surface area contributed by atoms with E-state index in [2.05, 4.69) is 5.32 Å². The Labute approximate surface area is 159 Å². The minimum atomic E-state index is -0.254. The zero-order valence-corrected chi connectivity index (χ0v) is 15.9. The van der Waals surface area contributed by atoms with Crippen molar-refractivity contribution >= 4 is 23.2 Å². The van der Waals surface area contributed by atoms with Crippen molar-refractivity contribution in [2.24, 2.45) is 0 Å². The Hall–Kier alpha value is -2.55. The summed E-state index contributed by atoms with van der Waals surface area (Å²) in [5.41, 5.74) is 2.10. The van der Waals surface area contributed by atoms with Gasteiger partial charge in [0.25, 0.3) is 5.91 Å². The van der Waals surface area contributed by atoms with E-state index in [0.29, 0.717) is 22.9 Å². The van der Waals surface area contributed by atoms with Gasteiger partial charge in [0.1, 0.15) is 18.4 Å². The Kier molecular flexibility index (Phi) is 7.02. The molecule has 0 saturated carbocycles. The molecule has 5 nitrogen and oxygen atoms in total. The zero-order chi connectivity index (χ0) is 19.1. The van der Waals surface area contributed by atoms with Crippen molar-refractivity contribution in [3.63, 3.8) is 0 Å². The van der Waals surface area contributed by atoms with Crippen molar-refractivity contribution < 1.29 is 14.4 Å². The fourth-order valence-electron chi connectivity index (χ4n) is 2.50. The van der Waals surface area contributed by atoms with Gasteiger partial charge in [-0.2, -0.15) is 5.26 Å². The lowest BCUT2D eigenvalue weighted by Gasteiger charge is -2.21. The summed E-state index contributed by atoms with van der Waals surface area (Å²) >= 11 is 6.01. The molecule has 6 heteroatoms. The van der Waals surface area contributed by atoms with E-state index in [0.717, 1.165) is 22.8 Å². The summed E-state index contributed by atoms with van der Waals surface area (Å²) in [4.78, 5) is 13.6. The van der Waals surface area contributed by atoms with E-state index in [4.69, 9.17) is 21.6 Å². The normalized spacial score (nSPS) is 12.7. The fourth-order valence-corrected chi connectivity index (χ4v) is 2.73. The van der Waals surface area contributed by atoms with E-state index in [1.54, 1.807) is 18.2 Å². The van der Waals surface area contributed by atoms with Gasteiger partial charge in [0.2, 0.25) is 0 Å². The third kappa shape index (κ3) is 5.22. The Morgan fingerprint density at radius 2 is 2.00 bits per heavy atom. The average molecular weight is 373 g/mol. The topological polar surface area (TPSA) is 66.6 Å². The largest absolute Gasteiger partial charge is 0.494 e. The molecule has 0 bridgehead atoms. The summed E-state index contributed by atoms with van der Waals surface area (Å²) in [6.07, 6.45) is 0. The Morgan fingerprint density at radius 1 is 1.31 bits per heavy atom. The van der Waals surface area contributed by atoms with Crippen LogP contribution in [0, 0.1) is 11.3 Å². The van der Waals surface area contributed by atoms with Crippen LogP contribution in [0.1, 0.15) is 25.0 Å².